The van der Waals surface area contributed by atoms with Crippen molar-refractivity contribution in [1.82, 2.24) is 0 Å². The van der Waals surface area contributed by atoms with Crippen molar-refractivity contribution >= 4 is 22.9 Å². The van der Waals surface area contributed by atoms with Crippen molar-refractivity contribution in [3.05, 3.63) is 29.8 Å². The fourth-order valence-corrected chi connectivity index (χ4v) is 1.75. The fraction of sp³-hybridized carbons (Fsp3) is 0.417. The number of hydrogen-bond acceptors (Lipinski definition) is 3. The number of rotatable bonds is 5. The average Bonchev–Trinajstić information content (AvgIpc) is 2.25. The molecule has 0 unspecified atom stereocenters. The lowest BCUT2D eigenvalue weighted by atomic mass is 10.1. The van der Waals surface area contributed by atoms with Gasteiger partial charge in [-0.2, -0.15) is 0 Å². The molecule has 0 saturated heterocycles. The first kappa shape index (κ1) is 12.9. The summed E-state index contributed by atoms with van der Waals surface area (Å²) in [4.78, 5) is 2.54. The topological polar surface area (TPSA) is 49.5 Å². The van der Waals surface area contributed by atoms with E-state index in [4.69, 9.17) is 23.1 Å². The lowest BCUT2D eigenvalue weighted by molar-refractivity contribution is 0.299. The zero-order valence-corrected chi connectivity index (χ0v) is 10.5. The summed E-state index contributed by atoms with van der Waals surface area (Å²) in [6.07, 6.45) is 0. The molecule has 1 aromatic carbocycles. The summed E-state index contributed by atoms with van der Waals surface area (Å²) in [5, 5.41) is 9.01. The van der Waals surface area contributed by atoms with Crippen molar-refractivity contribution in [2.75, 3.05) is 18.1 Å². The first-order valence-corrected chi connectivity index (χ1v) is 5.74. The van der Waals surface area contributed by atoms with Crippen molar-refractivity contribution in [2.24, 2.45) is 5.73 Å². The maximum Gasteiger partial charge on any atom is 0.103 e. The monoisotopic (exact) mass is 238 g/mol. The molecule has 0 radical (unpaired) electrons. The van der Waals surface area contributed by atoms with Crippen LogP contribution in [0.5, 0.6) is 0 Å². The molecule has 0 bridgehead atoms. The van der Waals surface area contributed by atoms with Crippen LogP contribution in [-0.2, 0) is 0 Å². The van der Waals surface area contributed by atoms with Crippen LogP contribution < -0.4 is 10.6 Å². The minimum atomic E-state index is 0.148. The lowest BCUT2D eigenvalue weighted by Gasteiger charge is -2.28. The quantitative estimate of drug-likeness (QED) is 0.764. The Morgan fingerprint density at radius 1 is 1.38 bits per heavy atom. The molecular weight excluding hydrogens is 220 g/mol. The van der Waals surface area contributed by atoms with Crippen LogP contribution in [0.25, 0.3) is 0 Å². The summed E-state index contributed by atoms with van der Waals surface area (Å²) in [6.45, 7) is 4.97. The number of benzene rings is 1. The maximum atomic E-state index is 9.01. The van der Waals surface area contributed by atoms with Gasteiger partial charge in [0.05, 0.1) is 6.61 Å². The van der Waals surface area contributed by atoms with E-state index in [0.29, 0.717) is 17.6 Å². The highest BCUT2D eigenvalue weighted by Gasteiger charge is 2.09. The normalized spacial score (nSPS) is 10.5. The molecule has 0 aliphatic rings. The number of aliphatic hydroxyl groups excluding tert-OH is 1. The zero-order chi connectivity index (χ0) is 12.1. The molecule has 0 saturated carbocycles. The van der Waals surface area contributed by atoms with E-state index in [1.54, 1.807) is 0 Å². The molecule has 0 spiro atoms. The van der Waals surface area contributed by atoms with E-state index in [1.165, 1.54) is 0 Å². The van der Waals surface area contributed by atoms with Crippen LogP contribution >= 0.6 is 12.2 Å². The molecule has 4 heteroatoms. The van der Waals surface area contributed by atoms with Gasteiger partial charge < -0.3 is 15.7 Å². The summed E-state index contributed by atoms with van der Waals surface area (Å²) in [6, 6.07) is 8.12. The van der Waals surface area contributed by atoms with Crippen LogP contribution in [0.15, 0.2) is 24.3 Å². The number of anilines is 1. The van der Waals surface area contributed by atoms with Gasteiger partial charge in [0.1, 0.15) is 4.99 Å². The third-order valence-electron chi connectivity index (χ3n) is 2.45. The zero-order valence-electron chi connectivity index (χ0n) is 9.68. The number of nitrogens with two attached hydrogens (primary N) is 1. The van der Waals surface area contributed by atoms with Crippen LogP contribution in [0.3, 0.4) is 0 Å². The molecule has 0 atom stereocenters. The Kier molecular flexibility index (Phi) is 4.71. The van der Waals surface area contributed by atoms with Crippen LogP contribution in [0.4, 0.5) is 5.69 Å². The van der Waals surface area contributed by atoms with E-state index in [0.717, 1.165) is 11.3 Å². The van der Waals surface area contributed by atoms with Crippen molar-refractivity contribution in [3.63, 3.8) is 0 Å². The number of thiocarbonyl (C=S) groups is 1. The number of nitrogens with zero attached hydrogens (tertiary/aromatic N) is 1. The Bertz CT molecular complexity index is 349. The summed E-state index contributed by atoms with van der Waals surface area (Å²) in [5.74, 6) is 0. The summed E-state index contributed by atoms with van der Waals surface area (Å²) in [7, 11) is 0. The second kappa shape index (κ2) is 5.82. The van der Waals surface area contributed by atoms with E-state index >= 15 is 0 Å². The van der Waals surface area contributed by atoms with Gasteiger partial charge in [-0.1, -0.05) is 12.2 Å². The predicted octanol–water partition coefficient (Wildman–Crippen LogP) is 1.53. The molecule has 0 amide bonds. The van der Waals surface area contributed by atoms with Crippen molar-refractivity contribution < 1.29 is 5.11 Å². The van der Waals surface area contributed by atoms with Crippen molar-refractivity contribution in [2.45, 2.75) is 19.9 Å². The van der Waals surface area contributed by atoms with Crippen molar-refractivity contribution in [3.8, 4) is 0 Å². The summed E-state index contributed by atoms with van der Waals surface area (Å²) >= 11 is 4.90. The highest BCUT2D eigenvalue weighted by molar-refractivity contribution is 7.80. The summed E-state index contributed by atoms with van der Waals surface area (Å²) < 4.78 is 0. The Hall–Kier alpha value is -1.13. The van der Waals surface area contributed by atoms with Gasteiger partial charge in [0, 0.05) is 23.8 Å². The molecule has 0 aromatic heterocycles. The molecule has 88 valence electrons. The van der Waals surface area contributed by atoms with Crippen LogP contribution in [0, 0.1) is 0 Å². The Labute approximate surface area is 102 Å². The first-order valence-electron chi connectivity index (χ1n) is 5.33. The second-order valence-corrected chi connectivity index (χ2v) is 4.36. The van der Waals surface area contributed by atoms with Gasteiger partial charge >= 0.3 is 0 Å². The van der Waals surface area contributed by atoms with Gasteiger partial charge in [-0.25, -0.2) is 0 Å². The molecule has 0 aliphatic carbocycles. The van der Waals surface area contributed by atoms with E-state index in [-0.39, 0.29) is 6.61 Å². The molecule has 0 heterocycles. The standard InChI is InChI=1S/C12H18N2OS/c1-9(2)14(7-8-15)11-5-3-10(4-6-11)12(13)16/h3-6,9,15H,7-8H2,1-2H3,(H2,13,16). The van der Waals surface area contributed by atoms with E-state index in [9.17, 15) is 0 Å². The van der Waals surface area contributed by atoms with Crippen LogP contribution in [-0.4, -0.2) is 29.3 Å². The first-order chi connectivity index (χ1) is 7.56. The van der Waals surface area contributed by atoms with Crippen LogP contribution in [0.1, 0.15) is 19.4 Å². The predicted molar refractivity (Wildman–Crippen MR) is 71.9 cm³/mol. The minimum Gasteiger partial charge on any atom is -0.395 e. The number of hydrogen-bond donors (Lipinski definition) is 2. The molecule has 3 nitrogen and oxygen atoms in total. The highest BCUT2D eigenvalue weighted by atomic mass is 32.1. The third kappa shape index (κ3) is 3.18. The summed E-state index contributed by atoms with van der Waals surface area (Å²) in [5.41, 5.74) is 7.48. The Morgan fingerprint density at radius 3 is 2.31 bits per heavy atom. The third-order valence-corrected chi connectivity index (χ3v) is 2.68. The van der Waals surface area contributed by atoms with Crippen LogP contribution in [0.2, 0.25) is 0 Å². The van der Waals surface area contributed by atoms with E-state index in [1.807, 2.05) is 24.3 Å². The van der Waals surface area contributed by atoms with Crippen molar-refractivity contribution in [1.29, 1.82) is 0 Å². The molecule has 3 N–H and O–H groups in total. The average molecular weight is 238 g/mol. The van der Waals surface area contributed by atoms with Gasteiger partial charge in [0.25, 0.3) is 0 Å². The maximum absolute atomic E-state index is 9.01. The molecular formula is C12H18N2OS. The fourth-order valence-electron chi connectivity index (χ4n) is 1.61. The SMILES string of the molecule is CC(C)N(CCO)c1ccc(C(N)=S)cc1. The molecule has 0 fully saturated rings. The van der Waals surface area contributed by atoms with Gasteiger partial charge in [0.2, 0.25) is 0 Å². The molecule has 16 heavy (non-hydrogen) atoms. The largest absolute Gasteiger partial charge is 0.395 e. The van der Waals surface area contributed by atoms with Gasteiger partial charge in [-0.15, -0.1) is 0 Å². The minimum absolute atomic E-state index is 0.148. The lowest BCUT2D eigenvalue weighted by Crippen LogP contribution is -2.33. The second-order valence-electron chi connectivity index (χ2n) is 3.92. The van der Waals surface area contributed by atoms with E-state index < -0.39 is 0 Å². The van der Waals surface area contributed by atoms with E-state index in [2.05, 4.69) is 18.7 Å². The molecule has 1 aromatic rings. The molecule has 0 aliphatic heterocycles. The van der Waals surface area contributed by atoms with Gasteiger partial charge in [-0.05, 0) is 38.1 Å². The number of aliphatic hydroxyl groups is 1. The van der Waals surface area contributed by atoms with Gasteiger partial charge in [0.15, 0.2) is 0 Å². The highest BCUT2D eigenvalue weighted by Crippen LogP contribution is 2.17. The smallest absolute Gasteiger partial charge is 0.103 e. The molecule has 1 rings (SSSR count). The Morgan fingerprint density at radius 2 is 1.94 bits per heavy atom. The van der Waals surface area contributed by atoms with Gasteiger partial charge in [-0.3, -0.25) is 0 Å². The Balaban J connectivity index is 2.89.